The summed E-state index contributed by atoms with van der Waals surface area (Å²) in [5, 5.41) is 13.1. The molecule has 0 saturated heterocycles. The average Bonchev–Trinajstić information content (AvgIpc) is 2.70. The van der Waals surface area contributed by atoms with E-state index in [1.165, 1.54) is 0 Å². The number of fused-ring (bicyclic) bond motifs is 1. The predicted octanol–water partition coefficient (Wildman–Crippen LogP) is 3.47. The number of carbonyl (C=O) groups excluding carboxylic acids is 1. The molecule has 0 spiro atoms. The third-order valence-corrected chi connectivity index (χ3v) is 3.93. The zero-order valence-corrected chi connectivity index (χ0v) is 14.3. The molecule has 2 aromatic carbocycles. The third kappa shape index (κ3) is 3.87. The van der Waals surface area contributed by atoms with Gasteiger partial charge in [0.15, 0.2) is 0 Å². The molecule has 26 heavy (non-hydrogen) atoms. The van der Waals surface area contributed by atoms with Gasteiger partial charge in [-0.05, 0) is 41.5 Å². The fraction of sp³-hybridized carbons (Fsp3) is 0.0952. The molecular formula is C21H17N3O2. The van der Waals surface area contributed by atoms with Gasteiger partial charge in [0.2, 0.25) is 0 Å². The van der Waals surface area contributed by atoms with Crippen LogP contribution in [0.3, 0.4) is 0 Å². The number of hydrogen-bond acceptors (Lipinski definition) is 4. The molecule has 0 aliphatic rings. The number of nitrogens with zero attached hydrogens (tertiary/aromatic N) is 2. The van der Waals surface area contributed by atoms with Gasteiger partial charge in [0.05, 0.1) is 12.6 Å². The van der Waals surface area contributed by atoms with E-state index in [1.54, 1.807) is 25.4 Å². The van der Waals surface area contributed by atoms with Crippen LogP contribution in [0, 0.1) is 11.3 Å². The molecule has 128 valence electrons. The number of rotatable bonds is 5. The number of amides is 1. The second-order valence-corrected chi connectivity index (χ2v) is 5.62. The smallest absolute Gasteiger partial charge is 0.262 e. The molecule has 1 amide bonds. The van der Waals surface area contributed by atoms with E-state index in [-0.39, 0.29) is 5.57 Å². The molecule has 0 atom stereocenters. The van der Waals surface area contributed by atoms with Crippen LogP contribution in [0.1, 0.15) is 11.1 Å². The van der Waals surface area contributed by atoms with Crippen LogP contribution >= 0.6 is 0 Å². The van der Waals surface area contributed by atoms with Crippen molar-refractivity contribution in [3.8, 4) is 11.8 Å². The predicted molar refractivity (Wildman–Crippen MR) is 100 cm³/mol. The van der Waals surface area contributed by atoms with Crippen molar-refractivity contribution in [2.75, 3.05) is 7.11 Å². The van der Waals surface area contributed by atoms with Gasteiger partial charge in [-0.3, -0.25) is 9.78 Å². The quantitative estimate of drug-likeness (QED) is 0.568. The van der Waals surface area contributed by atoms with Crippen LogP contribution in [0.15, 0.2) is 66.4 Å². The first-order valence-corrected chi connectivity index (χ1v) is 8.08. The van der Waals surface area contributed by atoms with Crippen LogP contribution < -0.4 is 10.1 Å². The van der Waals surface area contributed by atoms with Crippen molar-refractivity contribution in [3.63, 3.8) is 0 Å². The maximum Gasteiger partial charge on any atom is 0.262 e. The van der Waals surface area contributed by atoms with Crippen molar-refractivity contribution in [1.29, 1.82) is 5.26 Å². The van der Waals surface area contributed by atoms with Crippen molar-refractivity contribution in [1.82, 2.24) is 10.3 Å². The molecule has 5 nitrogen and oxygen atoms in total. The Balaban J connectivity index is 1.80. The Morgan fingerprint density at radius 2 is 2.08 bits per heavy atom. The monoisotopic (exact) mass is 343 g/mol. The molecule has 1 N–H and O–H groups in total. The van der Waals surface area contributed by atoms with Gasteiger partial charge in [-0.25, -0.2) is 0 Å². The highest BCUT2D eigenvalue weighted by molar-refractivity contribution is 6.03. The molecule has 0 aliphatic carbocycles. The summed E-state index contributed by atoms with van der Waals surface area (Å²) in [5.74, 6) is 0.298. The Morgan fingerprint density at radius 1 is 1.23 bits per heavy atom. The van der Waals surface area contributed by atoms with Gasteiger partial charge in [-0.2, -0.15) is 5.26 Å². The van der Waals surface area contributed by atoms with Crippen LogP contribution in [0.25, 0.3) is 17.0 Å². The molecule has 0 radical (unpaired) electrons. The van der Waals surface area contributed by atoms with Crippen LogP contribution in [-0.4, -0.2) is 18.0 Å². The molecule has 3 aromatic rings. The van der Waals surface area contributed by atoms with E-state index in [0.29, 0.717) is 6.54 Å². The number of pyridine rings is 1. The Hall–Kier alpha value is -3.65. The molecule has 0 aliphatic heterocycles. The molecule has 0 bridgehead atoms. The third-order valence-electron chi connectivity index (χ3n) is 3.93. The summed E-state index contributed by atoms with van der Waals surface area (Å²) in [6.07, 6.45) is 3.25. The Bertz CT molecular complexity index is 1010. The van der Waals surface area contributed by atoms with Crippen molar-refractivity contribution in [2.45, 2.75) is 6.54 Å². The summed E-state index contributed by atoms with van der Waals surface area (Å²) in [5.41, 5.74) is 2.53. The van der Waals surface area contributed by atoms with Gasteiger partial charge in [0.25, 0.3) is 5.91 Å². The molecule has 1 aromatic heterocycles. The highest BCUT2D eigenvalue weighted by Gasteiger charge is 2.10. The lowest BCUT2D eigenvalue weighted by Crippen LogP contribution is -2.23. The first kappa shape index (κ1) is 17.2. The summed E-state index contributed by atoms with van der Waals surface area (Å²) < 4.78 is 5.17. The van der Waals surface area contributed by atoms with Gasteiger partial charge in [-0.1, -0.05) is 30.3 Å². The zero-order chi connectivity index (χ0) is 18.4. The van der Waals surface area contributed by atoms with Crippen molar-refractivity contribution >= 4 is 22.9 Å². The maximum absolute atomic E-state index is 12.4. The topological polar surface area (TPSA) is 75.0 Å². The lowest BCUT2D eigenvalue weighted by Gasteiger charge is -2.07. The van der Waals surface area contributed by atoms with Crippen molar-refractivity contribution in [2.24, 2.45) is 0 Å². The van der Waals surface area contributed by atoms with E-state index in [0.717, 1.165) is 27.8 Å². The number of nitriles is 1. The fourth-order valence-electron chi connectivity index (χ4n) is 2.61. The van der Waals surface area contributed by atoms with Gasteiger partial charge >= 0.3 is 0 Å². The molecule has 5 heteroatoms. The van der Waals surface area contributed by atoms with E-state index in [9.17, 15) is 10.1 Å². The number of para-hydroxylation sites is 1. The maximum atomic E-state index is 12.4. The highest BCUT2D eigenvalue weighted by atomic mass is 16.5. The van der Waals surface area contributed by atoms with E-state index in [2.05, 4.69) is 10.3 Å². The van der Waals surface area contributed by atoms with Crippen LogP contribution in [0.4, 0.5) is 0 Å². The number of benzene rings is 2. The van der Waals surface area contributed by atoms with Crippen molar-refractivity contribution < 1.29 is 9.53 Å². The van der Waals surface area contributed by atoms with Gasteiger partial charge in [0, 0.05) is 18.1 Å². The second-order valence-electron chi connectivity index (χ2n) is 5.62. The van der Waals surface area contributed by atoms with Crippen LogP contribution in [0.5, 0.6) is 5.75 Å². The fourth-order valence-corrected chi connectivity index (χ4v) is 2.61. The summed E-state index contributed by atoms with van der Waals surface area (Å²) >= 11 is 0. The molecular weight excluding hydrogens is 326 g/mol. The average molecular weight is 343 g/mol. The molecule has 0 saturated carbocycles. The van der Waals surface area contributed by atoms with Gasteiger partial charge < -0.3 is 10.1 Å². The Labute approximate surface area is 151 Å². The number of carbonyl (C=O) groups is 1. The summed E-state index contributed by atoms with van der Waals surface area (Å²) in [6.45, 7) is 0.312. The lowest BCUT2D eigenvalue weighted by atomic mass is 10.1. The Morgan fingerprint density at radius 3 is 2.88 bits per heavy atom. The van der Waals surface area contributed by atoms with E-state index < -0.39 is 5.91 Å². The first-order chi connectivity index (χ1) is 12.7. The minimum atomic E-state index is -0.420. The normalized spacial score (nSPS) is 11.0. The SMILES string of the molecule is COc1cccc(CNC(=O)C(C#N)=Cc2ccnc3ccccc23)c1. The van der Waals surface area contributed by atoms with E-state index in [4.69, 9.17) is 4.74 Å². The molecule has 3 rings (SSSR count). The van der Waals surface area contributed by atoms with Crippen LogP contribution in [-0.2, 0) is 11.3 Å². The minimum absolute atomic E-state index is 0.0456. The molecule has 1 heterocycles. The number of ether oxygens (including phenoxy) is 1. The zero-order valence-electron chi connectivity index (χ0n) is 14.3. The largest absolute Gasteiger partial charge is 0.497 e. The highest BCUT2D eigenvalue weighted by Crippen LogP contribution is 2.19. The summed E-state index contributed by atoms with van der Waals surface area (Å²) in [4.78, 5) is 16.7. The molecule has 0 fully saturated rings. The Kier molecular flexibility index (Phi) is 5.25. The first-order valence-electron chi connectivity index (χ1n) is 8.08. The standard InChI is InChI=1S/C21H17N3O2/c1-26-18-6-4-5-15(11-18)14-24-21(25)17(13-22)12-16-9-10-23-20-8-3-2-7-19(16)20/h2-12H,14H2,1H3,(H,24,25). The number of nitrogens with one attached hydrogen (secondary N) is 1. The van der Waals surface area contributed by atoms with E-state index in [1.807, 2.05) is 54.6 Å². The number of aromatic nitrogens is 1. The summed E-state index contributed by atoms with van der Waals surface area (Å²) in [7, 11) is 1.59. The number of methoxy groups -OCH3 is 1. The van der Waals surface area contributed by atoms with Gasteiger partial charge in [0.1, 0.15) is 17.4 Å². The second kappa shape index (κ2) is 7.95. The van der Waals surface area contributed by atoms with Crippen molar-refractivity contribution in [3.05, 3.63) is 77.5 Å². The van der Waals surface area contributed by atoms with Gasteiger partial charge in [-0.15, -0.1) is 0 Å². The van der Waals surface area contributed by atoms with E-state index >= 15 is 0 Å². The number of hydrogen-bond donors (Lipinski definition) is 1. The molecule has 0 unspecified atom stereocenters. The van der Waals surface area contributed by atoms with Crippen LogP contribution in [0.2, 0.25) is 0 Å². The summed E-state index contributed by atoms with van der Waals surface area (Å²) in [6, 6.07) is 18.8. The lowest BCUT2D eigenvalue weighted by molar-refractivity contribution is -0.117. The minimum Gasteiger partial charge on any atom is -0.497 e.